The van der Waals surface area contributed by atoms with Gasteiger partial charge in [0.25, 0.3) is 0 Å². The standard InChI is InChI=1S/C6H15NO6.C6H10O4/c8-1-4-11-7(12-5-2-9)13-6-3-10;7-5(8)3-1-2-4-6(9)10/h8-10H,1-6H2;1-4H2,(H,7,8)(H,9,10). The summed E-state index contributed by atoms with van der Waals surface area (Å²) < 4.78 is 0. The van der Waals surface area contributed by atoms with E-state index in [1.165, 1.54) is 0 Å². The van der Waals surface area contributed by atoms with Gasteiger partial charge in [0, 0.05) is 12.8 Å². The van der Waals surface area contributed by atoms with Crippen LogP contribution in [0.15, 0.2) is 0 Å². The predicted octanol–water partition coefficient (Wildman–Crippen LogP) is -1.22. The largest absolute Gasteiger partial charge is 0.481 e. The molecular weight excluding hydrogens is 318 g/mol. The third-order valence-electron chi connectivity index (χ3n) is 1.90. The van der Waals surface area contributed by atoms with Gasteiger partial charge in [-0.2, -0.15) is 0 Å². The molecule has 0 aromatic rings. The summed E-state index contributed by atoms with van der Waals surface area (Å²) in [4.78, 5) is 33.9. The molecule has 0 aliphatic heterocycles. The molecule has 0 aromatic heterocycles. The summed E-state index contributed by atoms with van der Waals surface area (Å²) in [5, 5.41) is 42.1. The number of carboxylic acids is 2. The van der Waals surface area contributed by atoms with Gasteiger partial charge in [-0.1, -0.05) is 0 Å². The SMILES string of the molecule is O=C(O)CCCCC(=O)O.OCCON(OCCO)OCCO. The maximum atomic E-state index is 9.90. The quantitative estimate of drug-likeness (QED) is 0.189. The Morgan fingerprint density at radius 2 is 1.00 bits per heavy atom. The molecule has 0 spiro atoms. The summed E-state index contributed by atoms with van der Waals surface area (Å²) in [7, 11) is 0. The van der Waals surface area contributed by atoms with Gasteiger partial charge in [0.2, 0.25) is 0 Å². The molecule has 0 saturated heterocycles. The van der Waals surface area contributed by atoms with E-state index in [1.54, 1.807) is 0 Å². The van der Waals surface area contributed by atoms with Crippen molar-refractivity contribution in [1.82, 2.24) is 5.39 Å². The Hall–Kier alpha value is -1.34. The van der Waals surface area contributed by atoms with Crippen LogP contribution in [0.4, 0.5) is 0 Å². The van der Waals surface area contributed by atoms with E-state index in [0.29, 0.717) is 18.2 Å². The van der Waals surface area contributed by atoms with Crippen LogP contribution in [0.1, 0.15) is 25.7 Å². The lowest BCUT2D eigenvalue weighted by Crippen LogP contribution is -2.28. The maximum absolute atomic E-state index is 9.90. The Bertz CT molecular complexity index is 254. The summed E-state index contributed by atoms with van der Waals surface area (Å²) in [6.07, 6.45) is 1.02. The average molecular weight is 343 g/mol. The first-order valence-electron chi connectivity index (χ1n) is 6.92. The van der Waals surface area contributed by atoms with Crippen molar-refractivity contribution in [2.45, 2.75) is 25.7 Å². The highest BCUT2D eigenvalue weighted by Gasteiger charge is 2.05. The Kier molecular flexibility index (Phi) is 19.5. The van der Waals surface area contributed by atoms with Gasteiger partial charge in [0.05, 0.1) is 45.0 Å². The lowest BCUT2D eigenvalue weighted by atomic mass is 10.2. The van der Waals surface area contributed by atoms with E-state index < -0.39 is 11.9 Å². The first kappa shape index (κ1) is 23.9. The van der Waals surface area contributed by atoms with Crippen molar-refractivity contribution < 1.29 is 49.6 Å². The van der Waals surface area contributed by atoms with Crippen molar-refractivity contribution in [1.29, 1.82) is 0 Å². The number of nitrogens with zero attached hydrogens (tertiary/aromatic N) is 1. The van der Waals surface area contributed by atoms with Crippen LogP contribution >= 0.6 is 0 Å². The van der Waals surface area contributed by atoms with E-state index in [0.717, 1.165) is 0 Å². The summed E-state index contributed by atoms with van der Waals surface area (Å²) in [5.41, 5.74) is 0. The molecule has 0 radical (unpaired) electrons. The van der Waals surface area contributed by atoms with Crippen molar-refractivity contribution in [2.24, 2.45) is 0 Å². The maximum Gasteiger partial charge on any atom is 0.303 e. The molecule has 138 valence electrons. The van der Waals surface area contributed by atoms with Crippen LogP contribution < -0.4 is 0 Å². The number of hydrogen-bond acceptors (Lipinski definition) is 9. The minimum atomic E-state index is -0.870. The molecule has 0 amide bonds. The van der Waals surface area contributed by atoms with Crippen molar-refractivity contribution in [3.63, 3.8) is 0 Å². The van der Waals surface area contributed by atoms with E-state index in [9.17, 15) is 9.59 Å². The predicted molar refractivity (Wildman–Crippen MR) is 74.7 cm³/mol. The minimum absolute atomic E-state index is 0.0108. The monoisotopic (exact) mass is 343 g/mol. The van der Waals surface area contributed by atoms with Crippen LogP contribution in [0.5, 0.6) is 0 Å². The van der Waals surface area contributed by atoms with Crippen molar-refractivity contribution in [3.8, 4) is 0 Å². The number of carboxylic acid groups (broad SMARTS) is 2. The molecule has 0 rings (SSSR count). The average Bonchev–Trinajstić information content (AvgIpc) is 2.51. The Morgan fingerprint density at radius 1 is 0.696 bits per heavy atom. The molecule has 0 atom stereocenters. The fourth-order valence-corrected chi connectivity index (χ4v) is 1.01. The minimum Gasteiger partial charge on any atom is -0.481 e. The van der Waals surface area contributed by atoms with Gasteiger partial charge >= 0.3 is 11.9 Å². The number of aliphatic hydroxyl groups is 3. The smallest absolute Gasteiger partial charge is 0.303 e. The molecule has 0 saturated carbocycles. The highest BCUT2D eigenvalue weighted by Crippen LogP contribution is 1.98. The van der Waals surface area contributed by atoms with Crippen LogP contribution in [-0.2, 0) is 24.1 Å². The second-order valence-electron chi connectivity index (χ2n) is 3.89. The summed E-state index contributed by atoms with van der Waals surface area (Å²) in [6.45, 7) is -0.505. The third kappa shape index (κ3) is 23.1. The van der Waals surface area contributed by atoms with Gasteiger partial charge in [-0.05, 0) is 12.8 Å². The molecule has 23 heavy (non-hydrogen) atoms. The van der Waals surface area contributed by atoms with Gasteiger partial charge in [-0.25, -0.2) is 14.5 Å². The fraction of sp³-hybridized carbons (Fsp3) is 0.833. The van der Waals surface area contributed by atoms with Crippen molar-refractivity contribution in [2.75, 3.05) is 39.6 Å². The van der Waals surface area contributed by atoms with Crippen LogP contribution in [0.3, 0.4) is 0 Å². The highest BCUT2D eigenvalue weighted by atomic mass is 17.2. The Morgan fingerprint density at radius 3 is 1.22 bits per heavy atom. The van der Waals surface area contributed by atoms with Gasteiger partial charge in [0.1, 0.15) is 0 Å². The molecule has 11 heteroatoms. The van der Waals surface area contributed by atoms with E-state index in [2.05, 4.69) is 0 Å². The molecule has 0 aliphatic carbocycles. The zero-order chi connectivity index (χ0) is 17.9. The fourth-order valence-electron chi connectivity index (χ4n) is 1.01. The van der Waals surface area contributed by atoms with E-state index in [-0.39, 0.29) is 52.5 Å². The van der Waals surface area contributed by atoms with E-state index in [1.807, 2.05) is 0 Å². The van der Waals surface area contributed by atoms with Crippen LogP contribution in [0.2, 0.25) is 0 Å². The number of rotatable bonds is 14. The molecule has 0 bridgehead atoms. The lowest BCUT2D eigenvalue weighted by molar-refractivity contribution is -0.527. The number of aliphatic hydroxyl groups excluding tert-OH is 3. The Balaban J connectivity index is 0. The molecule has 5 N–H and O–H groups in total. The zero-order valence-electron chi connectivity index (χ0n) is 12.8. The van der Waals surface area contributed by atoms with Crippen molar-refractivity contribution >= 4 is 11.9 Å². The number of aliphatic carboxylic acids is 2. The van der Waals surface area contributed by atoms with E-state index in [4.69, 9.17) is 40.0 Å². The summed E-state index contributed by atoms with van der Waals surface area (Å²) in [6, 6.07) is 0. The lowest BCUT2D eigenvalue weighted by Gasteiger charge is -2.17. The molecular formula is C12H25NO10. The van der Waals surface area contributed by atoms with Gasteiger partial charge in [0.15, 0.2) is 0 Å². The normalized spacial score (nSPS) is 10.3. The first-order valence-corrected chi connectivity index (χ1v) is 6.92. The molecule has 11 nitrogen and oxygen atoms in total. The summed E-state index contributed by atoms with van der Waals surface area (Å²) in [5.74, 6) is -1.74. The highest BCUT2D eigenvalue weighted by molar-refractivity contribution is 5.67. The van der Waals surface area contributed by atoms with Crippen LogP contribution in [0, 0.1) is 0 Å². The molecule has 0 fully saturated rings. The molecule has 0 unspecified atom stereocenters. The zero-order valence-corrected chi connectivity index (χ0v) is 12.8. The Labute approximate surface area is 133 Å². The second kappa shape index (κ2) is 18.7. The topological polar surface area (TPSA) is 166 Å². The summed E-state index contributed by atoms with van der Waals surface area (Å²) >= 11 is 0. The molecule has 0 aliphatic rings. The first-order chi connectivity index (χ1) is 11.0. The number of carbonyl (C=O) groups is 2. The van der Waals surface area contributed by atoms with Crippen LogP contribution in [-0.4, -0.2) is 82.5 Å². The number of unbranched alkanes of at least 4 members (excludes halogenated alkanes) is 1. The van der Waals surface area contributed by atoms with Gasteiger partial charge in [-0.3, -0.25) is 9.59 Å². The van der Waals surface area contributed by atoms with E-state index >= 15 is 0 Å². The van der Waals surface area contributed by atoms with Gasteiger partial charge < -0.3 is 25.5 Å². The van der Waals surface area contributed by atoms with Crippen LogP contribution in [0.25, 0.3) is 0 Å². The molecule has 0 aromatic carbocycles. The van der Waals surface area contributed by atoms with Crippen molar-refractivity contribution in [3.05, 3.63) is 0 Å². The number of hydrogen-bond donors (Lipinski definition) is 5. The second-order valence-corrected chi connectivity index (χ2v) is 3.89. The third-order valence-corrected chi connectivity index (χ3v) is 1.90. The van der Waals surface area contributed by atoms with Gasteiger partial charge in [-0.15, -0.1) is 0 Å². The molecule has 0 heterocycles.